The number of hydrogen-bond acceptors (Lipinski definition) is 2. The van der Waals surface area contributed by atoms with E-state index in [1.165, 1.54) is 7.11 Å². The maximum atomic E-state index is 13.6. The molecule has 2 rings (SSSR count). The lowest BCUT2D eigenvalue weighted by Gasteiger charge is -2.12. The highest BCUT2D eigenvalue weighted by atomic mass is 79.9. The summed E-state index contributed by atoms with van der Waals surface area (Å²) in [6.45, 7) is 0. The van der Waals surface area contributed by atoms with Crippen molar-refractivity contribution in [1.82, 2.24) is 0 Å². The Morgan fingerprint density at radius 1 is 1.19 bits per heavy atom. The van der Waals surface area contributed by atoms with Crippen molar-refractivity contribution in [2.75, 3.05) is 12.4 Å². The van der Waals surface area contributed by atoms with Crippen molar-refractivity contribution >= 4 is 43.5 Å². The first-order valence-electron chi connectivity index (χ1n) is 5.72. The molecule has 0 aromatic heterocycles. The zero-order valence-corrected chi connectivity index (χ0v) is 13.9. The van der Waals surface area contributed by atoms with Gasteiger partial charge in [0.05, 0.1) is 22.8 Å². The van der Waals surface area contributed by atoms with Crippen LogP contribution in [-0.2, 0) is 0 Å². The highest BCUT2D eigenvalue weighted by Gasteiger charge is 2.17. The summed E-state index contributed by atoms with van der Waals surface area (Å²) in [5.74, 6) is -1.82. The van der Waals surface area contributed by atoms with Crippen LogP contribution in [0.5, 0.6) is 5.75 Å². The molecule has 0 saturated carbocycles. The van der Waals surface area contributed by atoms with Gasteiger partial charge in [-0.15, -0.1) is 0 Å². The Labute approximate surface area is 136 Å². The lowest BCUT2D eigenvalue weighted by molar-refractivity contribution is 0.102. The quantitative estimate of drug-likeness (QED) is 0.777. The van der Waals surface area contributed by atoms with Crippen LogP contribution < -0.4 is 10.1 Å². The van der Waals surface area contributed by atoms with Crippen LogP contribution in [0.2, 0.25) is 0 Å². The van der Waals surface area contributed by atoms with E-state index < -0.39 is 17.5 Å². The topological polar surface area (TPSA) is 38.3 Å². The van der Waals surface area contributed by atoms with E-state index in [1.54, 1.807) is 12.1 Å². The second-order valence-corrected chi connectivity index (χ2v) is 5.82. The molecule has 1 N–H and O–H groups in total. The van der Waals surface area contributed by atoms with E-state index in [-0.39, 0.29) is 11.3 Å². The molecule has 0 atom stereocenters. The number of ether oxygens (including phenoxy) is 1. The maximum Gasteiger partial charge on any atom is 0.259 e. The van der Waals surface area contributed by atoms with Crippen molar-refractivity contribution < 1.29 is 18.3 Å². The molecule has 0 heterocycles. The van der Waals surface area contributed by atoms with Crippen molar-refractivity contribution in [1.29, 1.82) is 0 Å². The van der Waals surface area contributed by atoms with E-state index in [2.05, 4.69) is 37.2 Å². The second kappa shape index (κ2) is 6.53. The highest BCUT2D eigenvalue weighted by molar-refractivity contribution is 9.11. The molecule has 0 spiro atoms. The van der Waals surface area contributed by atoms with E-state index in [0.29, 0.717) is 20.8 Å². The number of anilines is 1. The van der Waals surface area contributed by atoms with Crippen LogP contribution in [0, 0.1) is 11.6 Å². The van der Waals surface area contributed by atoms with E-state index in [0.717, 1.165) is 12.1 Å². The van der Waals surface area contributed by atoms with Crippen molar-refractivity contribution in [3.05, 3.63) is 56.5 Å². The van der Waals surface area contributed by atoms with Gasteiger partial charge in [-0.2, -0.15) is 0 Å². The Morgan fingerprint density at radius 3 is 2.52 bits per heavy atom. The fraction of sp³-hybridized carbons (Fsp3) is 0.0714. The molecule has 2 aromatic rings. The summed E-state index contributed by atoms with van der Waals surface area (Å²) in [7, 11) is 1.42. The van der Waals surface area contributed by atoms with Crippen molar-refractivity contribution in [3.8, 4) is 5.75 Å². The molecule has 0 unspecified atom stereocenters. The van der Waals surface area contributed by atoms with E-state index in [1.807, 2.05) is 0 Å². The number of rotatable bonds is 3. The lowest BCUT2D eigenvalue weighted by Crippen LogP contribution is -2.14. The summed E-state index contributed by atoms with van der Waals surface area (Å²) in [5.41, 5.74) is 0.0991. The zero-order valence-electron chi connectivity index (χ0n) is 10.7. The van der Waals surface area contributed by atoms with Gasteiger partial charge in [-0.3, -0.25) is 4.79 Å². The highest BCUT2D eigenvalue weighted by Crippen LogP contribution is 2.33. The van der Waals surface area contributed by atoms with Crippen LogP contribution in [0.4, 0.5) is 14.5 Å². The maximum absolute atomic E-state index is 13.6. The molecule has 7 heteroatoms. The van der Waals surface area contributed by atoms with E-state index in [4.69, 9.17) is 4.74 Å². The number of methoxy groups -OCH3 is 1. The average molecular weight is 421 g/mol. The van der Waals surface area contributed by atoms with Crippen molar-refractivity contribution in [2.45, 2.75) is 0 Å². The standard InChI is InChI=1S/C14H9Br2F2NO2/c1-21-13-9(4-7(15)5-10(13)16)14(20)19-12-3-2-8(17)6-11(12)18/h2-6H,1H3,(H,19,20). The Hall–Kier alpha value is -1.47. The predicted octanol–water partition coefficient (Wildman–Crippen LogP) is 4.75. The third-order valence-electron chi connectivity index (χ3n) is 2.64. The third-order valence-corrected chi connectivity index (χ3v) is 3.68. The number of hydrogen-bond donors (Lipinski definition) is 1. The minimum absolute atomic E-state index is 0.112. The summed E-state index contributed by atoms with van der Waals surface area (Å²) in [6.07, 6.45) is 0. The Bertz CT molecular complexity index is 708. The van der Waals surface area contributed by atoms with Crippen LogP contribution in [0.1, 0.15) is 10.4 Å². The first kappa shape index (κ1) is 15.9. The Morgan fingerprint density at radius 2 is 1.90 bits per heavy atom. The first-order valence-corrected chi connectivity index (χ1v) is 7.30. The SMILES string of the molecule is COc1c(Br)cc(Br)cc1C(=O)Nc1ccc(F)cc1F. The Kier molecular flexibility index (Phi) is 4.95. The molecule has 110 valence electrons. The van der Waals surface area contributed by atoms with E-state index >= 15 is 0 Å². The molecule has 0 bridgehead atoms. The van der Waals surface area contributed by atoms with Gasteiger partial charge < -0.3 is 10.1 Å². The molecule has 1 amide bonds. The number of amides is 1. The van der Waals surface area contributed by atoms with Crippen LogP contribution in [0.15, 0.2) is 39.3 Å². The van der Waals surface area contributed by atoms with Gasteiger partial charge in [-0.05, 0) is 40.2 Å². The third kappa shape index (κ3) is 3.59. The number of carbonyl (C=O) groups excluding carboxylic acids is 1. The van der Waals surface area contributed by atoms with Crippen LogP contribution >= 0.6 is 31.9 Å². The fourth-order valence-corrected chi connectivity index (χ4v) is 3.10. The predicted molar refractivity (Wildman–Crippen MR) is 82.7 cm³/mol. The molecule has 3 nitrogen and oxygen atoms in total. The largest absolute Gasteiger partial charge is 0.495 e. The van der Waals surface area contributed by atoms with E-state index in [9.17, 15) is 13.6 Å². The van der Waals surface area contributed by atoms with Crippen LogP contribution in [0.25, 0.3) is 0 Å². The van der Waals surface area contributed by atoms with Crippen LogP contribution in [-0.4, -0.2) is 13.0 Å². The molecule has 0 aliphatic rings. The summed E-state index contributed by atoms with van der Waals surface area (Å²) < 4.78 is 32.8. The molecule has 0 fully saturated rings. The van der Waals surface area contributed by atoms with Crippen molar-refractivity contribution in [3.63, 3.8) is 0 Å². The first-order chi connectivity index (χ1) is 9.92. The molecule has 2 aromatic carbocycles. The summed E-state index contributed by atoms with van der Waals surface area (Å²) in [4.78, 5) is 12.2. The Balaban J connectivity index is 2.36. The summed E-state index contributed by atoms with van der Waals surface area (Å²) in [6, 6.07) is 6.17. The van der Waals surface area contributed by atoms with Gasteiger partial charge in [0.2, 0.25) is 0 Å². The summed E-state index contributed by atoms with van der Waals surface area (Å²) >= 11 is 6.54. The molecular weight excluding hydrogens is 412 g/mol. The number of carbonyl (C=O) groups is 1. The average Bonchev–Trinajstić information content (AvgIpc) is 2.41. The minimum Gasteiger partial charge on any atom is -0.495 e. The molecule has 0 aliphatic heterocycles. The second-order valence-electron chi connectivity index (χ2n) is 4.05. The molecule has 0 aliphatic carbocycles. The normalized spacial score (nSPS) is 10.3. The minimum atomic E-state index is -0.851. The van der Waals surface area contributed by atoms with Gasteiger partial charge in [0.25, 0.3) is 5.91 Å². The summed E-state index contributed by atoms with van der Waals surface area (Å²) in [5, 5.41) is 2.38. The monoisotopic (exact) mass is 419 g/mol. The van der Waals surface area contributed by atoms with Crippen molar-refractivity contribution in [2.24, 2.45) is 0 Å². The molecule has 0 radical (unpaired) electrons. The van der Waals surface area contributed by atoms with Gasteiger partial charge in [-0.1, -0.05) is 15.9 Å². The fourth-order valence-electron chi connectivity index (χ4n) is 1.72. The molecule has 0 saturated heterocycles. The van der Waals surface area contributed by atoms with Crippen LogP contribution in [0.3, 0.4) is 0 Å². The smallest absolute Gasteiger partial charge is 0.259 e. The molecule has 21 heavy (non-hydrogen) atoms. The number of nitrogens with one attached hydrogen (secondary N) is 1. The van der Waals surface area contributed by atoms with Gasteiger partial charge >= 0.3 is 0 Å². The lowest BCUT2D eigenvalue weighted by atomic mass is 10.2. The van der Waals surface area contributed by atoms with Gasteiger partial charge in [-0.25, -0.2) is 8.78 Å². The number of halogens is 4. The molecular formula is C14H9Br2F2NO2. The van der Waals surface area contributed by atoms with Gasteiger partial charge in [0, 0.05) is 10.5 Å². The zero-order chi connectivity index (χ0) is 15.6. The van der Waals surface area contributed by atoms with Gasteiger partial charge in [0.1, 0.15) is 17.4 Å². The van der Waals surface area contributed by atoms with Gasteiger partial charge in [0.15, 0.2) is 0 Å². The number of benzene rings is 2.